The van der Waals surface area contributed by atoms with E-state index in [9.17, 15) is 32.3 Å². The van der Waals surface area contributed by atoms with E-state index in [1.54, 1.807) is 6.92 Å². The summed E-state index contributed by atoms with van der Waals surface area (Å²) >= 11 is 0. The van der Waals surface area contributed by atoms with Crippen LogP contribution in [0.1, 0.15) is 102 Å². The van der Waals surface area contributed by atoms with E-state index in [0.29, 0.717) is 50.8 Å². The van der Waals surface area contributed by atoms with Gasteiger partial charge in [0.2, 0.25) is 0 Å². The summed E-state index contributed by atoms with van der Waals surface area (Å²) in [5, 5.41) is 0. The van der Waals surface area contributed by atoms with Gasteiger partial charge in [0.15, 0.2) is 0 Å². The van der Waals surface area contributed by atoms with Crippen LogP contribution in [0, 0.1) is 11.3 Å². The first-order chi connectivity index (χ1) is 18.8. The van der Waals surface area contributed by atoms with Crippen LogP contribution in [-0.4, -0.2) is 43.7 Å². The van der Waals surface area contributed by atoms with Crippen molar-refractivity contribution in [1.29, 1.82) is 0 Å². The molecule has 0 amide bonds. The van der Waals surface area contributed by atoms with Gasteiger partial charge in [-0.05, 0) is 57.2 Å². The standard InChI is InChI=1S/C29H41F3O8/c1-6-9-16-37-25(34)21(11-7-2)12-10-15-28(5,8-3)27(36)39-18-17-38-26(35)23-14-13-22(29(30,31)32)19-24(23)40-20(4)33/h13-14,19,21H,6-12,15-18H2,1-5H3. The highest BCUT2D eigenvalue weighted by atomic mass is 19.4. The quantitative estimate of drug-likeness (QED) is 0.0879. The Hall–Kier alpha value is -3.11. The highest BCUT2D eigenvalue weighted by Gasteiger charge is 2.34. The summed E-state index contributed by atoms with van der Waals surface area (Å²) in [5.74, 6) is -3.44. The fraction of sp³-hybridized carbons (Fsp3) is 0.655. The summed E-state index contributed by atoms with van der Waals surface area (Å²) in [5.41, 5.74) is -2.28. The van der Waals surface area contributed by atoms with Crippen LogP contribution in [0.15, 0.2) is 18.2 Å². The summed E-state index contributed by atoms with van der Waals surface area (Å²) < 4.78 is 59.5. The fourth-order valence-electron chi connectivity index (χ4n) is 3.95. The van der Waals surface area contributed by atoms with Gasteiger partial charge in [-0.1, -0.05) is 40.0 Å². The Bertz CT molecular complexity index is 992. The van der Waals surface area contributed by atoms with Crippen LogP contribution in [-0.2, 0) is 34.8 Å². The van der Waals surface area contributed by atoms with E-state index in [1.165, 1.54) is 0 Å². The van der Waals surface area contributed by atoms with Crippen molar-refractivity contribution in [2.45, 2.75) is 92.2 Å². The van der Waals surface area contributed by atoms with Crippen LogP contribution < -0.4 is 4.74 Å². The molecule has 40 heavy (non-hydrogen) atoms. The lowest BCUT2D eigenvalue weighted by atomic mass is 9.81. The van der Waals surface area contributed by atoms with Gasteiger partial charge < -0.3 is 18.9 Å². The number of unbranched alkanes of at least 4 members (excludes halogenated alkanes) is 1. The van der Waals surface area contributed by atoms with E-state index < -0.39 is 40.8 Å². The molecule has 2 unspecified atom stereocenters. The Morgan fingerprint density at radius 3 is 2.12 bits per heavy atom. The molecule has 0 heterocycles. The Morgan fingerprint density at radius 1 is 0.875 bits per heavy atom. The predicted molar refractivity (Wildman–Crippen MR) is 141 cm³/mol. The second-order valence-corrected chi connectivity index (χ2v) is 9.89. The molecule has 0 aromatic heterocycles. The van der Waals surface area contributed by atoms with Gasteiger partial charge in [-0.3, -0.25) is 14.4 Å². The second-order valence-electron chi connectivity index (χ2n) is 9.89. The minimum atomic E-state index is -4.70. The van der Waals surface area contributed by atoms with Crippen molar-refractivity contribution >= 4 is 23.9 Å². The average molecular weight is 575 g/mol. The van der Waals surface area contributed by atoms with E-state index >= 15 is 0 Å². The number of ether oxygens (including phenoxy) is 4. The monoisotopic (exact) mass is 574 g/mol. The van der Waals surface area contributed by atoms with E-state index in [1.807, 2.05) is 20.8 Å². The van der Waals surface area contributed by atoms with Crippen molar-refractivity contribution in [1.82, 2.24) is 0 Å². The van der Waals surface area contributed by atoms with Crippen LogP contribution in [0.25, 0.3) is 0 Å². The van der Waals surface area contributed by atoms with E-state index in [0.717, 1.165) is 32.3 Å². The number of carbonyl (C=O) groups excluding carboxylic acids is 4. The lowest BCUT2D eigenvalue weighted by Gasteiger charge is -2.26. The molecule has 0 fully saturated rings. The molecule has 2 atom stereocenters. The van der Waals surface area contributed by atoms with Gasteiger partial charge in [-0.2, -0.15) is 13.2 Å². The number of carbonyl (C=O) groups is 4. The number of esters is 4. The van der Waals surface area contributed by atoms with Crippen molar-refractivity contribution in [3.63, 3.8) is 0 Å². The molecule has 0 aliphatic rings. The summed E-state index contributed by atoms with van der Waals surface area (Å²) in [6, 6.07) is 2.07. The third-order valence-corrected chi connectivity index (χ3v) is 6.60. The molecule has 0 aliphatic heterocycles. The van der Waals surface area contributed by atoms with Gasteiger partial charge in [0.05, 0.1) is 23.5 Å². The first kappa shape index (κ1) is 34.9. The highest BCUT2D eigenvalue weighted by Crippen LogP contribution is 2.34. The summed E-state index contributed by atoms with van der Waals surface area (Å²) in [7, 11) is 0. The van der Waals surface area contributed by atoms with Crippen molar-refractivity contribution in [3.05, 3.63) is 29.3 Å². The molecule has 8 nitrogen and oxygen atoms in total. The molecule has 0 N–H and O–H groups in total. The van der Waals surface area contributed by atoms with Gasteiger partial charge in [0.25, 0.3) is 0 Å². The summed E-state index contributed by atoms with van der Waals surface area (Å²) in [6.07, 6.45) is 0.794. The van der Waals surface area contributed by atoms with E-state index in [-0.39, 0.29) is 30.7 Å². The van der Waals surface area contributed by atoms with Gasteiger partial charge in [0, 0.05) is 6.92 Å². The third-order valence-electron chi connectivity index (χ3n) is 6.60. The van der Waals surface area contributed by atoms with Crippen molar-refractivity contribution in [2.24, 2.45) is 11.3 Å². The Balaban J connectivity index is 2.66. The normalized spacial score (nSPS) is 13.6. The third kappa shape index (κ3) is 11.6. The maximum absolute atomic E-state index is 13.0. The molecule has 0 radical (unpaired) electrons. The van der Waals surface area contributed by atoms with Gasteiger partial charge in [0.1, 0.15) is 24.5 Å². The molecular weight excluding hydrogens is 533 g/mol. The Labute approximate surface area is 233 Å². The molecular formula is C29H41F3O8. The van der Waals surface area contributed by atoms with Crippen LogP contribution in [0.2, 0.25) is 0 Å². The minimum Gasteiger partial charge on any atom is -0.465 e. The van der Waals surface area contributed by atoms with E-state index in [4.69, 9.17) is 18.9 Å². The van der Waals surface area contributed by atoms with Crippen molar-refractivity contribution < 1.29 is 51.3 Å². The lowest BCUT2D eigenvalue weighted by Crippen LogP contribution is -2.31. The van der Waals surface area contributed by atoms with Gasteiger partial charge in [-0.15, -0.1) is 0 Å². The zero-order valence-electron chi connectivity index (χ0n) is 24.0. The maximum Gasteiger partial charge on any atom is 0.416 e. The van der Waals surface area contributed by atoms with Crippen molar-refractivity contribution in [2.75, 3.05) is 19.8 Å². The lowest BCUT2D eigenvalue weighted by molar-refractivity contribution is -0.157. The fourth-order valence-corrected chi connectivity index (χ4v) is 3.95. The number of halogens is 3. The first-order valence-electron chi connectivity index (χ1n) is 13.7. The van der Waals surface area contributed by atoms with Gasteiger partial charge >= 0.3 is 30.1 Å². The van der Waals surface area contributed by atoms with Crippen LogP contribution >= 0.6 is 0 Å². The number of hydrogen-bond acceptors (Lipinski definition) is 8. The van der Waals surface area contributed by atoms with Crippen LogP contribution in [0.5, 0.6) is 5.75 Å². The number of hydrogen-bond donors (Lipinski definition) is 0. The number of rotatable bonds is 17. The predicted octanol–water partition coefficient (Wildman–Crippen LogP) is 6.68. The van der Waals surface area contributed by atoms with Crippen molar-refractivity contribution in [3.8, 4) is 5.75 Å². The highest BCUT2D eigenvalue weighted by molar-refractivity contribution is 5.93. The molecule has 226 valence electrons. The first-order valence-corrected chi connectivity index (χ1v) is 13.7. The van der Waals surface area contributed by atoms with Gasteiger partial charge in [-0.25, -0.2) is 4.79 Å². The minimum absolute atomic E-state index is 0.206. The summed E-state index contributed by atoms with van der Waals surface area (Å²) in [4.78, 5) is 48.9. The molecule has 0 saturated carbocycles. The molecule has 0 saturated heterocycles. The second kappa shape index (κ2) is 16.9. The zero-order chi connectivity index (χ0) is 30.3. The Morgan fingerprint density at radius 2 is 1.55 bits per heavy atom. The molecule has 1 aromatic rings. The van der Waals surface area contributed by atoms with E-state index in [2.05, 4.69) is 0 Å². The largest absolute Gasteiger partial charge is 0.465 e. The zero-order valence-corrected chi connectivity index (χ0v) is 24.0. The molecule has 1 rings (SSSR count). The van der Waals surface area contributed by atoms with Crippen LogP contribution in [0.3, 0.4) is 0 Å². The molecule has 1 aromatic carbocycles. The summed E-state index contributed by atoms with van der Waals surface area (Å²) in [6.45, 7) is 8.41. The molecule has 11 heteroatoms. The van der Waals surface area contributed by atoms with Crippen LogP contribution in [0.4, 0.5) is 13.2 Å². The SMILES string of the molecule is CCCCOC(=O)C(CCC)CCCC(C)(CC)C(=O)OCCOC(=O)c1ccc(C(F)(F)F)cc1OC(C)=O. The number of alkyl halides is 3. The molecule has 0 spiro atoms. The molecule has 0 bridgehead atoms. The number of benzene rings is 1. The Kier molecular flexibility index (Phi) is 14.7. The smallest absolute Gasteiger partial charge is 0.416 e. The topological polar surface area (TPSA) is 105 Å². The average Bonchev–Trinajstić information content (AvgIpc) is 2.89. The maximum atomic E-state index is 13.0. The molecule has 0 aliphatic carbocycles.